The molecule has 1 heterocycles. The first kappa shape index (κ1) is 20.5. The molecule has 1 rings (SSSR count). The fourth-order valence-corrected chi connectivity index (χ4v) is 3.00. The number of aryl methyl sites for hydroxylation is 2. The van der Waals surface area contributed by atoms with Gasteiger partial charge in [-0.15, -0.1) is 0 Å². The van der Waals surface area contributed by atoms with Gasteiger partial charge in [-0.3, -0.25) is 0 Å². The first-order chi connectivity index (χ1) is 11.1. The summed E-state index contributed by atoms with van der Waals surface area (Å²) in [6.07, 6.45) is 0. The number of guanidine groups is 1. The second-order valence-electron chi connectivity index (χ2n) is 5.96. The molecular weight excluding hydrogens is 330 g/mol. The molecular formula is C16H29N3O4S. The van der Waals surface area contributed by atoms with Gasteiger partial charge in [0.15, 0.2) is 15.8 Å². The SMILES string of the molecule is CCNC(=NCC(C)(O)c1cc(C)oc1C)NCCS(=O)(=O)CC. The summed E-state index contributed by atoms with van der Waals surface area (Å²) in [6, 6.07) is 1.80. The lowest BCUT2D eigenvalue weighted by Gasteiger charge is -2.21. The Bertz CT molecular complexity index is 663. The van der Waals surface area contributed by atoms with E-state index in [4.69, 9.17) is 4.42 Å². The number of nitrogens with zero attached hydrogens (tertiary/aromatic N) is 1. The fourth-order valence-electron chi connectivity index (χ4n) is 2.29. The van der Waals surface area contributed by atoms with E-state index in [0.717, 1.165) is 5.76 Å². The zero-order valence-electron chi connectivity index (χ0n) is 15.1. The largest absolute Gasteiger partial charge is 0.466 e. The summed E-state index contributed by atoms with van der Waals surface area (Å²) >= 11 is 0. The van der Waals surface area contributed by atoms with Crippen LogP contribution in [0.25, 0.3) is 0 Å². The van der Waals surface area contributed by atoms with E-state index in [9.17, 15) is 13.5 Å². The lowest BCUT2D eigenvalue weighted by Crippen LogP contribution is -2.41. The number of sulfone groups is 1. The molecule has 0 spiro atoms. The molecule has 0 bridgehead atoms. The first-order valence-corrected chi connectivity index (χ1v) is 9.96. The molecule has 1 atom stereocenters. The van der Waals surface area contributed by atoms with E-state index in [-0.39, 0.29) is 24.6 Å². The maximum Gasteiger partial charge on any atom is 0.191 e. The first-order valence-electron chi connectivity index (χ1n) is 8.13. The fraction of sp³-hybridized carbons (Fsp3) is 0.688. The second kappa shape index (κ2) is 8.53. The van der Waals surface area contributed by atoms with E-state index in [1.165, 1.54) is 0 Å². The van der Waals surface area contributed by atoms with Crippen molar-refractivity contribution in [2.24, 2.45) is 4.99 Å². The van der Waals surface area contributed by atoms with Gasteiger partial charge in [0, 0.05) is 24.4 Å². The van der Waals surface area contributed by atoms with Gasteiger partial charge in [0.25, 0.3) is 0 Å². The molecule has 24 heavy (non-hydrogen) atoms. The van der Waals surface area contributed by atoms with Crippen LogP contribution in [-0.2, 0) is 15.4 Å². The number of nitrogens with one attached hydrogen (secondary N) is 2. The standard InChI is InChI=1S/C16H29N3O4S/c1-6-17-15(18-8-9-24(21,22)7-2)19-11-16(5,20)14-10-12(3)23-13(14)4/h10,20H,6-9,11H2,1-5H3,(H2,17,18,19). The highest BCUT2D eigenvalue weighted by molar-refractivity contribution is 7.91. The topological polar surface area (TPSA) is 104 Å². The molecule has 0 aliphatic carbocycles. The molecule has 0 aromatic carbocycles. The molecule has 1 aromatic heterocycles. The van der Waals surface area contributed by atoms with Crippen molar-refractivity contribution in [2.75, 3.05) is 31.1 Å². The number of rotatable bonds is 8. The van der Waals surface area contributed by atoms with E-state index < -0.39 is 15.4 Å². The maximum atomic E-state index is 11.5. The Hall–Kier alpha value is -1.54. The monoisotopic (exact) mass is 359 g/mol. The summed E-state index contributed by atoms with van der Waals surface area (Å²) in [7, 11) is -3.03. The summed E-state index contributed by atoms with van der Waals surface area (Å²) in [6.45, 7) is 9.89. The van der Waals surface area contributed by atoms with Crippen LogP contribution in [0.5, 0.6) is 0 Å². The van der Waals surface area contributed by atoms with Gasteiger partial charge < -0.3 is 20.2 Å². The Kier molecular flexibility index (Phi) is 7.28. The Labute approximate surface area is 144 Å². The van der Waals surface area contributed by atoms with E-state index in [2.05, 4.69) is 15.6 Å². The summed E-state index contributed by atoms with van der Waals surface area (Å²) < 4.78 is 28.5. The van der Waals surface area contributed by atoms with Crippen molar-refractivity contribution in [3.63, 3.8) is 0 Å². The van der Waals surface area contributed by atoms with Crippen LogP contribution < -0.4 is 10.6 Å². The smallest absolute Gasteiger partial charge is 0.191 e. The van der Waals surface area contributed by atoms with Crippen LogP contribution in [0, 0.1) is 13.8 Å². The van der Waals surface area contributed by atoms with Crippen molar-refractivity contribution in [1.82, 2.24) is 10.6 Å². The van der Waals surface area contributed by atoms with Gasteiger partial charge in [-0.25, -0.2) is 13.4 Å². The van der Waals surface area contributed by atoms with Crippen molar-refractivity contribution < 1.29 is 17.9 Å². The van der Waals surface area contributed by atoms with Gasteiger partial charge in [-0.2, -0.15) is 0 Å². The van der Waals surface area contributed by atoms with Crippen LogP contribution in [0.4, 0.5) is 0 Å². The highest BCUT2D eigenvalue weighted by Crippen LogP contribution is 2.27. The van der Waals surface area contributed by atoms with Crippen molar-refractivity contribution in [2.45, 2.75) is 40.2 Å². The molecule has 1 unspecified atom stereocenters. The minimum absolute atomic E-state index is 0.0460. The quantitative estimate of drug-likeness (QED) is 0.474. The maximum absolute atomic E-state index is 11.5. The third kappa shape index (κ3) is 6.16. The summed E-state index contributed by atoms with van der Waals surface area (Å²) in [5.74, 6) is 2.05. The van der Waals surface area contributed by atoms with Gasteiger partial charge in [0.2, 0.25) is 0 Å². The van der Waals surface area contributed by atoms with Crippen molar-refractivity contribution >= 4 is 15.8 Å². The van der Waals surface area contributed by atoms with Gasteiger partial charge in [-0.1, -0.05) is 6.92 Å². The number of hydrogen-bond acceptors (Lipinski definition) is 5. The molecule has 0 saturated heterocycles. The van der Waals surface area contributed by atoms with E-state index in [1.54, 1.807) is 26.8 Å². The number of aliphatic hydroxyl groups is 1. The number of hydrogen-bond donors (Lipinski definition) is 3. The van der Waals surface area contributed by atoms with Crippen molar-refractivity contribution in [3.8, 4) is 0 Å². The highest BCUT2D eigenvalue weighted by atomic mass is 32.2. The lowest BCUT2D eigenvalue weighted by molar-refractivity contribution is 0.0657. The van der Waals surface area contributed by atoms with Crippen LogP contribution in [0.2, 0.25) is 0 Å². The molecule has 3 N–H and O–H groups in total. The van der Waals surface area contributed by atoms with Crippen LogP contribution in [-0.4, -0.2) is 50.6 Å². The van der Waals surface area contributed by atoms with E-state index in [0.29, 0.717) is 23.8 Å². The molecule has 1 aromatic rings. The molecule has 0 saturated carbocycles. The number of furan rings is 1. The number of aliphatic imine (C=N–C) groups is 1. The molecule has 0 radical (unpaired) electrons. The average molecular weight is 359 g/mol. The van der Waals surface area contributed by atoms with Crippen LogP contribution in [0.15, 0.2) is 15.5 Å². The Morgan fingerprint density at radius 1 is 1.33 bits per heavy atom. The average Bonchev–Trinajstić information content (AvgIpc) is 2.84. The molecule has 138 valence electrons. The van der Waals surface area contributed by atoms with Gasteiger partial charge in [0.05, 0.1) is 12.3 Å². The van der Waals surface area contributed by atoms with Crippen molar-refractivity contribution in [3.05, 3.63) is 23.2 Å². The molecule has 0 amide bonds. The van der Waals surface area contributed by atoms with Crippen molar-refractivity contribution in [1.29, 1.82) is 0 Å². The summed E-state index contributed by atoms with van der Waals surface area (Å²) in [5.41, 5.74) is -0.465. The second-order valence-corrected chi connectivity index (χ2v) is 8.43. The third-order valence-electron chi connectivity index (χ3n) is 3.66. The molecule has 7 nitrogen and oxygen atoms in total. The Morgan fingerprint density at radius 2 is 2.00 bits per heavy atom. The van der Waals surface area contributed by atoms with Crippen LogP contribution >= 0.6 is 0 Å². The van der Waals surface area contributed by atoms with Gasteiger partial charge in [0.1, 0.15) is 17.1 Å². The van der Waals surface area contributed by atoms with Gasteiger partial charge in [-0.05, 0) is 33.8 Å². The zero-order valence-corrected chi connectivity index (χ0v) is 16.0. The molecule has 0 aliphatic rings. The van der Waals surface area contributed by atoms with Crippen LogP contribution in [0.1, 0.15) is 37.9 Å². The summed E-state index contributed by atoms with van der Waals surface area (Å²) in [5, 5.41) is 16.7. The Morgan fingerprint density at radius 3 is 2.50 bits per heavy atom. The van der Waals surface area contributed by atoms with E-state index >= 15 is 0 Å². The summed E-state index contributed by atoms with van der Waals surface area (Å²) in [4.78, 5) is 4.37. The third-order valence-corrected chi connectivity index (χ3v) is 5.36. The lowest BCUT2D eigenvalue weighted by atomic mass is 9.96. The predicted molar refractivity (Wildman–Crippen MR) is 96.1 cm³/mol. The normalized spacial score (nSPS) is 15.2. The molecule has 0 fully saturated rings. The van der Waals surface area contributed by atoms with Gasteiger partial charge >= 0.3 is 0 Å². The minimum atomic E-state index is -3.03. The predicted octanol–water partition coefficient (Wildman–Crippen LogP) is 1.09. The highest BCUT2D eigenvalue weighted by Gasteiger charge is 2.27. The minimum Gasteiger partial charge on any atom is -0.466 e. The van der Waals surface area contributed by atoms with E-state index in [1.807, 2.05) is 13.8 Å². The van der Waals surface area contributed by atoms with Crippen LogP contribution in [0.3, 0.4) is 0 Å². The zero-order chi connectivity index (χ0) is 18.4. The Balaban J connectivity index is 2.75. The molecule has 8 heteroatoms. The molecule has 0 aliphatic heterocycles.